The summed E-state index contributed by atoms with van der Waals surface area (Å²) < 4.78 is 32.7. The molecule has 0 bridgehead atoms. The molecule has 0 saturated carbocycles. The molecule has 0 aliphatic heterocycles. The van der Waals surface area contributed by atoms with E-state index in [4.69, 9.17) is 24.3 Å². The third-order valence-electron chi connectivity index (χ3n) is 8.50. The van der Waals surface area contributed by atoms with Gasteiger partial charge in [0.05, 0.1) is 13.2 Å². The van der Waals surface area contributed by atoms with E-state index in [9.17, 15) is 19.0 Å². The van der Waals surface area contributed by atoms with Gasteiger partial charge < -0.3 is 20.1 Å². The Morgan fingerprint density at radius 3 is 1.57 bits per heavy atom. The van der Waals surface area contributed by atoms with Crippen molar-refractivity contribution in [2.24, 2.45) is 5.73 Å². The smallest absolute Gasteiger partial charge is 0.462 e. The summed E-state index contributed by atoms with van der Waals surface area (Å²) in [7, 11) is -4.38. The molecule has 0 aromatic carbocycles. The Morgan fingerprint density at radius 2 is 1.04 bits per heavy atom. The van der Waals surface area contributed by atoms with Crippen molar-refractivity contribution in [1.82, 2.24) is 0 Å². The average Bonchev–Trinajstić information content (AvgIpc) is 3.11. The van der Waals surface area contributed by atoms with Gasteiger partial charge in [-0.05, 0) is 64.2 Å². The molecule has 2 atom stereocenters. The van der Waals surface area contributed by atoms with Crippen LogP contribution in [0.3, 0.4) is 0 Å². The molecule has 0 heterocycles. The molecule has 0 saturated heterocycles. The van der Waals surface area contributed by atoms with Crippen molar-refractivity contribution >= 4 is 19.8 Å². The van der Waals surface area contributed by atoms with Crippen LogP contribution in [-0.4, -0.2) is 49.3 Å². The number of esters is 2. The first kappa shape index (κ1) is 49.2. The predicted molar refractivity (Wildman–Crippen MR) is 210 cm³/mol. The van der Waals surface area contributed by atoms with Crippen LogP contribution in [-0.2, 0) is 32.7 Å². The van der Waals surface area contributed by atoms with E-state index in [0.717, 1.165) is 77.0 Å². The normalized spacial score (nSPS) is 13.7. The lowest BCUT2D eigenvalue weighted by Crippen LogP contribution is -2.29. The maximum absolute atomic E-state index is 12.5. The molecule has 0 aliphatic rings. The number of ether oxygens (including phenoxy) is 2. The van der Waals surface area contributed by atoms with Crippen LogP contribution >= 0.6 is 7.82 Å². The summed E-state index contributed by atoms with van der Waals surface area (Å²) in [4.78, 5) is 34.8. The Labute approximate surface area is 312 Å². The molecule has 0 aromatic heterocycles. The number of carbonyl (C=O) groups is 2. The number of unbranched alkanes of at least 4 members (excludes halogenated alkanes) is 19. The molecule has 0 aromatic rings. The summed E-state index contributed by atoms with van der Waals surface area (Å²) in [6.45, 7) is 3.66. The van der Waals surface area contributed by atoms with Gasteiger partial charge in [-0.25, -0.2) is 4.57 Å². The zero-order valence-electron chi connectivity index (χ0n) is 32.6. The molecule has 0 radical (unpaired) electrons. The van der Waals surface area contributed by atoms with E-state index in [1.807, 2.05) is 0 Å². The highest BCUT2D eigenvalue weighted by molar-refractivity contribution is 7.47. The van der Waals surface area contributed by atoms with Gasteiger partial charge in [0.25, 0.3) is 0 Å². The van der Waals surface area contributed by atoms with E-state index in [1.165, 1.54) is 64.2 Å². The lowest BCUT2D eigenvalue weighted by Gasteiger charge is -2.19. The molecule has 9 nitrogen and oxygen atoms in total. The number of carbonyl (C=O) groups excluding carboxylic acids is 2. The Hall–Kier alpha value is -1.77. The zero-order chi connectivity index (χ0) is 37.5. The van der Waals surface area contributed by atoms with E-state index in [2.05, 4.69) is 50.3 Å². The monoisotopic (exact) mass is 742 g/mol. The van der Waals surface area contributed by atoms with Gasteiger partial charge in [-0.1, -0.05) is 140 Å². The van der Waals surface area contributed by atoms with Crippen molar-refractivity contribution in [3.05, 3.63) is 36.5 Å². The van der Waals surface area contributed by atoms with Gasteiger partial charge in [0.2, 0.25) is 0 Å². The van der Waals surface area contributed by atoms with Crippen molar-refractivity contribution in [2.75, 3.05) is 26.4 Å². The quantitative estimate of drug-likeness (QED) is 0.0274. The number of phosphoric ester groups is 1. The number of hydrogen-bond donors (Lipinski definition) is 2. The Morgan fingerprint density at radius 1 is 0.588 bits per heavy atom. The van der Waals surface area contributed by atoms with E-state index in [1.54, 1.807) is 0 Å². The second-order valence-electron chi connectivity index (χ2n) is 13.5. The molecular formula is C41H76NO8P. The van der Waals surface area contributed by atoms with Gasteiger partial charge in [0.15, 0.2) is 6.10 Å². The highest BCUT2D eigenvalue weighted by Gasteiger charge is 2.25. The van der Waals surface area contributed by atoms with Crippen LogP contribution in [0.1, 0.15) is 181 Å². The Bertz CT molecular complexity index is 939. The number of phosphoric acid groups is 1. The molecule has 0 amide bonds. The van der Waals surface area contributed by atoms with Gasteiger partial charge in [-0.3, -0.25) is 18.6 Å². The Kier molecular flexibility index (Phi) is 36.7. The highest BCUT2D eigenvalue weighted by atomic mass is 31.2. The molecule has 51 heavy (non-hydrogen) atoms. The van der Waals surface area contributed by atoms with Crippen LogP contribution in [0.2, 0.25) is 0 Å². The molecule has 0 fully saturated rings. The second-order valence-corrected chi connectivity index (χ2v) is 14.9. The van der Waals surface area contributed by atoms with Crippen LogP contribution in [0.5, 0.6) is 0 Å². The number of rotatable bonds is 38. The minimum atomic E-state index is -4.38. The predicted octanol–water partition coefficient (Wildman–Crippen LogP) is 11.4. The van der Waals surface area contributed by atoms with Crippen LogP contribution in [0.4, 0.5) is 0 Å². The number of hydrogen-bond acceptors (Lipinski definition) is 8. The van der Waals surface area contributed by atoms with Crippen molar-refractivity contribution in [3.63, 3.8) is 0 Å². The van der Waals surface area contributed by atoms with Crippen LogP contribution < -0.4 is 5.73 Å². The Balaban J connectivity index is 4.22. The summed E-state index contributed by atoms with van der Waals surface area (Å²) in [5.41, 5.74) is 5.34. The molecule has 3 N–H and O–H groups in total. The van der Waals surface area contributed by atoms with Crippen molar-refractivity contribution in [2.45, 2.75) is 187 Å². The fourth-order valence-corrected chi connectivity index (χ4v) is 6.17. The van der Waals surface area contributed by atoms with Crippen LogP contribution in [0, 0.1) is 0 Å². The first-order valence-corrected chi connectivity index (χ1v) is 22.0. The SMILES string of the molecule is CCCC/C=C\C/C=C\CCCCCCCC(=O)OC[C@H](COP(=O)(O)OCCN)OC(=O)CCCCCCC/C=C\CCCCCCCCC. The largest absolute Gasteiger partial charge is 0.472 e. The minimum Gasteiger partial charge on any atom is -0.462 e. The summed E-state index contributed by atoms with van der Waals surface area (Å²) >= 11 is 0. The maximum atomic E-state index is 12.5. The minimum absolute atomic E-state index is 0.0497. The zero-order valence-corrected chi connectivity index (χ0v) is 33.5. The lowest BCUT2D eigenvalue weighted by molar-refractivity contribution is -0.161. The fraction of sp³-hybridized carbons (Fsp3) is 0.805. The standard InChI is InChI=1S/C41H76NO8P/c1-3-5-7-9-11-13-15-17-19-20-22-24-26-28-30-32-34-41(44)50-39(38-49-51(45,46)48-36-35-42)37-47-40(43)33-31-29-27-25-23-21-18-16-14-12-10-8-6-4-2/h10,12,16,18-20,39H,3-9,11,13-15,17,21-38,42H2,1-2H3,(H,45,46)/b12-10-,18-16-,20-19-/t39-/m1/s1. The summed E-state index contributed by atoms with van der Waals surface area (Å²) in [6.07, 6.45) is 40.3. The molecule has 0 rings (SSSR count). The van der Waals surface area contributed by atoms with Gasteiger partial charge in [0, 0.05) is 19.4 Å². The summed E-state index contributed by atoms with van der Waals surface area (Å²) in [6, 6.07) is 0. The average molecular weight is 742 g/mol. The topological polar surface area (TPSA) is 134 Å². The second kappa shape index (κ2) is 38.0. The first-order valence-electron chi connectivity index (χ1n) is 20.5. The van der Waals surface area contributed by atoms with Gasteiger partial charge in [-0.15, -0.1) is 0 Å². The molecule has 0 spiro atoms. The van der Waals surface area contributed by atoms with Gasteiger partial charge >= 0.3 is 19.8 Å². The first-order chi connectivity index (χ1) is 24.8. The van der Waals surface area contributed by atoms with E-state index in [0.29, 0.717) is 12.8 Å². The molecule has 10 heteroatoms. The molecule has 1 unspecified atom stereocenters. The highest BCUT2D eigenvalue weighted by Crippen LogP contribution is 2.43. The summed E-state index contributed by atoms with van der Waals surface area (Å²) in [5, 5.41) is 0. The molecule has 0 aliphatic carbocycles. The molecular weight excluding hydrogens is 665 g/mol. The lowest BCUT2D eigenvalue weighted by atomic mass is 10.1. The third-order valence-corrected chi connectivity index (χ3v) is 9.48. The summed E-state index contributed by atoms with van der Waals surface area (Å²) in [5.74, 6) is -0.855. The van der Waals surface area contributed by atoms with E-state index < -0.39 is 32.5 Å². The maximum Gasteiger partial charge on any atom is 0.472 e. The van der Waals surface area contributed by atoms with Crippen molar-refractivity contribution in [1.29, 1.82) is 0 Å². The van der Waals surface area contributed by atoms with E-state index in [-0.39, 0.29) is 32.6 Å². The third kappa shape index (κ3) is 37.8. The van der Waals surface area contributed by atoms with Crippen molar-refractivity contribution in [3.8, 4) is 0 Å². The number of allylic oxidation sites excluding steroid dienone is 6. The van der Waals surface area contributed by atoms with Gasteiger partial charge in [0.1, 0.15) is 6.61 Å². The van der Waals surface area contributed by atoms with Crippen molar-refractivity contribution < 1.29 is 37.6 Å². The van der Waals surface area contributed by atoms with Gasteiger partial charge in [-0.2, -0.15) is 0 Å². The van der Waals surface area contributed by atoms with Crippen LogP contribution in [0.25, 0.3) is 0 Å². The van der Waals surface area contributed by atoms with E-state index >= 15 is 0 Å². The fourth-order valence-electron chi connectivity index (χ4n) is 5.41. The number of nitrogens with two attached hydrogens (primary N) is 1. The molecule has 298 valence electrons. The van der Waals surface area contributed by atoms with Crippen LogP contribution in [0.15, 0.2) is 36.5 Å².